The van der Waals surface area contributed by atoms with Gasteiger partial charge < -0.3 is 10.6 Å². The minimum Gasteiger partial charge on any atom is -0.357 e. The van der Waals surface area contributed by atoms with Gasteiger partial charge in [0.2, 0.25) is 0 Å². The summed E-state index contributed by atoms with van der Waals surface area (Å²) in [5.74, 6) is -0.352. The second kappa shape index (κ2) is 8.96. The number of rotatable bonds is 6. The Labute approximate surface area is 141 Å². The number of hydrogen-bond acceptors (Lipinski definition) is 2. The molecule has 0 bridgehead atoms. The van der Waals surface area contributed by atoms with E-state index >= 15 is 0 Å². The average Bonchev–Trinajstić information content (AvgIpc) is 2.57. The van der Waals surface area contributed by atoms with Crippen LogP contribution in [-0.2, 0) is 13.0 Å². The predicted molar refractivity (Wildman–Crippen MR) is 91.9 cm³/mol. The molecule has 0 aliphatic rings. The van der Waals surface area contributed by atoms with Crippen LogP contribution in [0.1, 0.15) is 23.7 Å². The molecule has 0 aliphatic heterocycles. The fourth-order valence-corrected chi connectivity index (χ4v) is 2.14. The van der Waals surface area contributed by atoms with Crippen molar-refractivity contribution in [2.75, 3.05) is 13.1 Å². The van der Waals surface area contributed by atoms with Crippen molar-refractivity contribution in [1.29, 1.82) is 0 Å². The van der Waals surface area contributed by atoms with Gasteiger partial charge in [-0.15, -0.1) is 0 Å². The van der Waals surface area contributed by atoms with Crippen molar-refractivity contribution in [3.05, 3.63) is 65.0 Å². The number of pyridine rings is 1. The fourth-order valence-electron chi connectivity index (χ4n) is 2.14. The zero-order valence-corrected chi connectivity index (χ0v) is 13.9. The van der Waals surface area contributed by atoms with Crippen molar-refractivity contribution in [3.63, 3.8) is 0 Å². The maximum Gasteiger partial charge on any atom is 0.191 e. The van der Waals surface area contributed by atoms with Crippen molar-refractivity contribution in [2.45, 2.75) is 26.8 Å². The zero-order valence-electron chi connectivity index (χ0n) is 13.9. The molecule has 1 aromatic heterocycles. The second-order valence-electron chi connectivity index (χ2n) is 5.42. The van der Waals surface area contributed by atoms with Gasteiger partial charge in [0.05, 0.1) is 6.54 Å². The average molecular weight is 332 g/mol. The van der Waals surface area contributed by atoms with Crippen LogP contribution >= 0.6 is 0 Å². The van der Waals surface area contributed by atoms with E-state index in [4.69, 9.17) is 0 Å². The highest BCUT2D eigenvalue weighted by Crippen LogP contribution is 2.10. The molecule has 0 aliphatic carbocycles. The molecule has 128 valence electrons. The third kappa shape index (κ3) is 5.61. The van der Waals surface area contributed by atoms with Crippen LogP contribution in [0.4, 0.5) is 8.78 Å². The highest BCUT2D eigenvalue weighted by Gasteiger charge is 2.04. The Kier molecular flexibility index (Phi) is 6.66. The van der Waals surface area contributed by atoms with E-state index in [1.54, 1.807) is 0 Å². The van der Waals surface area contributed by atoms with Crippen LogP contribution < -0.4 is 10.6 Å². The Hall–Kier alpha value is -2.50. The zero-order chi connectivity index (χ0) is 17.4. The standard InChI is InChI=1S/C18H22F2N4/c1-3-21-18(22-9-8-14-5-4-13(2)23-11-14)24-12-15-10-16(19)6-7-17(15)20/h4-7,10-11H,3,8-9,12H2,1-2H3,(H2,21,22,24). The third-order valence-corrected chi connectivity index (χ3v) is 3.44. The van der Waals surface area contributed by atoms with Crippen LogP contribution in [0.15, 0.2) is 41.5 Å². The quantitative estimate of drug-likeness (QED) is 0.632. The van der Waals surface area contributed by atoms with Gasteiger partial charge in [-0.25, -0.2) is 13.8 Å². The van der Waals surface area contributed by atoms with Gasteiger partial charge in [0.25, 0.3) is 0 Å². The monoisotopic (exact) mass is 332 g/mol. The Morgan fingerprint density at radius 3 is 2.71 bits per heavy atom. The molecule has 1 aromatic carbocycles. The molecule has 6 heteroatoms. The summed E-state index contributed by atoms with van der Waals surface area (Å²) in [5, 5.41) is 6.27. The number of aryl methyl sites for hydroxylation is 1. The van der Waals surface area contributed by atoms with E-state index < -0.39 is 11.6 Å². The van der Waals surface area contributed by atoms with E-state index in [9.17, 15) is 8.78 Å². The number of nitrogens with one attached hydrogen (secondary N) is 2. The maximum atomic E-state index is 13.6. The van der Waals surface area contributed by atoms with Crippen molar-refractivity contribution >= 4 is 5.96 Å². The molecule has 0 amide bonds. The number of benzene rings is 1. The lowest BCUT2D eigenvalue weighted by atomic mass is 10.2. The van der Waals surface area contributed by atoms with E-state index in [0.717, 1.165) is 29.8 Å². The molecule has 0 fully saturated rings. The smallest absolute Gasteiger partial charge is 0.191 e. The van der Waals surface area contributed by atoms with Crippen LogP contribution in [0.2, 0.25) is 0 Å². The van der Waals surface area contributed by atoms with Gasteiger partial charge in [0, 0.05) is 30.5 Å². The van der Waals surface area contributed by atoms with Gasteiger partial charge in [0.1, 0.15) is 11.6 Å². The Morgan fingerprint density at radius 2 is 2.00 bits per heavy atom. The molecule has 0 saturated heterocycles. The molecule has 4 nitrogen and oxygen atoms in total. The molecule has 1 heterocycles. The predicted octanol–water partition coefficient (Wildman–Crippen LogP) is 2.97. The molecule has 2 N–H and O–H groups in total. The summed E-state index contributed by atoms with van der Waals surface area (Å²) < 4.78 is 26.8. The highest BCUT2D eigenvalue weighted by molar-refractivity contribution is 5.79. The first-order valence-corrected chi connectivity index (χ1v) is 7.96. The molecule has 0 atom stereocenters. The number of guanidine groups is 1. The van der Waals surface area contributed by atoms with E-state index in [-0.39, 0.29) is 12.1 Å². The molecular weight excluding hydrogens is 310 g/mol. The third-order valence-electron chi connectivity index (χ3n) is 3.44. The minimum atomic E-state index is -0.466. The molecular formula is C18H22F2N4. The minimum absolute atomic E-state index is 0.0744. The SMILES string of the molecule is CCNC(=NCc1cc(F)ccc1F)NCCc1ccc(C)nc1. The van der Waals surface area contributed by atoms with E-state index in [1.165, 1.54) is 6.07 Å². The number of aliphatic imine (C=N–C) groups is 1. The summed E-state index contributed by atoms with van der Waals surface area (Å²) in [6.07, 6.45) is 2.65. The number of aromatic nitrogens is 1. The lowest BCUT2D eigenvalue weighted by Crippen LogP contribution is -2.38. The number of nitrogens with zero attached hydrogens (tertiary/aromatic N) is 2. The molecule has 2 rings (SSSR count). The molecule has 0 saturated carbocycles. The topological polar surface area (TPSA) is 49.3 Å². The van der Waals surface area contributed by atoms with Gasteiger partial charge >= 0.3 is 0 Å². The lowest BCUT2D eigenvalue weighted by molar-refractivity contribution is 0.585. The first-order valence-electron chi connectivity index (χ1n) is 7.96. The van der Waals surface area contributed by atoms with E-state index in [1.807, 2.05) is 32.2 Å². The molecule has 0 radical (unpaired) electrons. The van der Waals surface area contributed by atoms with Gasteiger partial charge in [-0.05, 0) is 50.1 Å². The summed E-state index contributed by atoms with van der Waals surface area (Å²) >= 11 is 0. The van der Waals surface area contributed by atoms with Crippen molar-refractivity contribution in [3.8, 4) is 0 Å². The largest absolute Gasteiger partial charge is 0.357 e. The summed E-state index contributed by atoms with van der Waals surface area (Å²) in [4.78, 5) is 8.56. The Balaban J connectivity index is 1.92. The summed E-state index contributed by atoms with van der Waals surface area (Å²) in [6, 6.07) is 7.39. The Morgan fingerprint density at radius 1 is 1.17 bits per heavy atom. The van der Waals surface area contributed by atoms with Crippen LogP contribution in [0.5, 0.6) is 0 Å². The van der Waals surface area contributed by atoms with Gasteiger partial charge in [-0.3, -0.25) is 4.98 Å². The summed E-state index contributed by atoms with van der Waals surface area (Å²) in [5.41, 5.74) is 2.34. The Bertz CT molecular complexity index is 684. The van der Waals surface area contributed by atoms with Gasteiger partial charge in [-0.2, -0.15) is 0 Å². The maximum absolute atomic E-state index is 13.6. The molecule has 0 spiro atoms. The first-order chi connectivity index (χ1) is 11.6. The van der Waals surface area contributed by atoms with E-state index in [2.05, 4.69) is 20.6 Å². The van der Waals surface area contributed by atoms with E-state index in [0.29, 0.717) is 19.0 Å². The van der Waals surface area contributed by atoms with Crippen LogP contribution in [-0.4, -0.2) is 24.0 Å². The second-order valence-corrected chi connectivity index (χ2v) is 5.42. The van der Waals surface area contributed by atoms with Crippen LogP contribution in [0.25, 0.3) is 0 Å². The highest BCUT2D eigenvalue weighted by atomic mass is 19.1. The molecule has 2 aromatic rings. The fraction of sp³-hybridized carbons (Fsp3) is 0.333. The van der Waals surface area contributed by atoms with Crippen LogP contribution in [0, 0.1) is 18.6 Å². The lowest BCUT2D eigenvalue weighted by Gasteiger charge is -2.11. The number of hydrogen-bond donors (Lipinski definition) is 2. The molecule has 0 unspecified atom stereocenters. The summed E-state index contributed by atoms with van der Waals surface area (Å²) in [7, 11) is 0. The molecule has 24 heavy (non-hydrogen) atoms. The first kappa shape index (κ1) is 17.8. The van der Waals surface area contributed by atoms with Crippen LogP contribution in [0.3, 0.4) is 0 Å². The van der Waals surface area contributed by atoms with Crippen molar-refractivity contribution in [2.24, 2.45) is 4.99 Å². The van der Waals surface area contributed by atoms with Crippen molar-refractivity contribution < 1.29 is 8.78 Å². The summed E-state index contributed by atoms with van der Waals surface area (Å²) in [6.45, 7) is 5.32. The van der Waals surface area contributed by atoms with Crippen molar-refractivity contribution in [1.82, 2.24) is 15.6 Å². The number of halogens is 2. The normalized spacial score (nSPS) is 11.4. The van der Waals surface area contributed by atoms with Gasteiger partial charge in [0.15, 0.2) is 5.96 Å². The van der Waals surface area contributed by atoms with Gasteiger partial charge in [-0.1, -0.05) is 6.07 Å².